The molecule has 1 amide bonds. The second-order valence-corrected chi connectivity index (χ2v) is 7.50. The van der Waals surface area contributed by atoms with Crippen LogP contribution in [-0.2, 0) is 7.05 Å². The molecule has 0 atom stereocenters. The lowest BCUT2D eigenvalue weighted by Gasteiger charge is -2.06. The number of hydrogen-bond acceptors (Lipinski definition) is 5. The lowest BCUT2D eigenvalue weighted by atomic mass is 10.1. The molecule has 1 heterocycles. The summed E-state index contributed by atoms with van der Waals surface area (Å²) in [6.45, 7) is 1.94. The average molecular weight is 418 g/mol. The molecule has 0 fully saturated rings. The van der Waals surface area contributed by atoms with E-state index in [1.54, 1.807) is 7.11 Å². The lowest BCUT2D eigenvalue weighted by Crippen LogP contribution is -2.14. The van der Waals surface area contributed by atoms with Gasteiger partial charge in [-0.25, -0.2) is 0 Å². The normalized spacial score (nSPS) is 11.5. The number of amides is 1. The van der Waals surface area contributed by atoms with Crippen LogP contribution in [0.5, 0.6) is 5.75 Å². The topological polar surface area (TPSA) is 86.7 Å². The summed E-state index contributed by atoms with van der Waals surface area (Å²) in [6, 6.07) is 11.3. The maximum atomic E-state index is 12.6. The van der Waals surface area contributed by atoms with Gasteiger partial charge in [0.2, 0.25) is 0 Å². The van der Waals surface area contributed by atoms with E-state index in [0.717, 1.165) is 28.0 Å². The van der Waals surface area contributed by atoms with Crippen LogP contribution in [0.25, 0.3) is 11.3 Å². The van der Waals surface area contributed by atoms with Crippen molar-refractivity contribution >= 4 is 34.5 Å². The average Bonchev–Trinajstić information content (AvgIpc) is 2.95. The fourth-order valence-corrected chi connectivity index (χ4v) is 3.95. The summed E-state index contributed by atoms with van der Waals surface area (Å²) in [5.41, 5.74) is 1.66. The van der Waals surface area contributed by atoms with Crippen molar-refractivity contribution in [3.63, 3.8) is 0 Å². The molecule has 0 unspecified atom stereocenters. The van der Waals surface area contributed by atoms with Crippen LogP contribution in [0, 0.1) is 17.0 Å². The van der Waals surface area contributed by atoms with Gasteiger partial charge in [-0.3, -0.25) is 14.9 Å². The van der Waals surface area contributed by atoms with Crippen LogP contribution >= 0.6 is 22.9 Å². The minimum Gasteiger partial charge on any atom is -0.497 e. The van der Waals surface area contributed by atoms with Gasteiger partial charge in [-0.1, -0.05) is 11.6 Å². The van der Waals surface area contributed by atoms with Crippen LogP contribution in [0.4, 0.5) is 5.69 Å². The van der Waals surface area contributed by atoms with E-state index in [1.807, 2.05) is 42.8 Å². The Kier molecular flexibility index (Phi) is 5.62. The van der Waals surface area contributed by atoms with Gasteiger partial charge in [0.25, 0.3) is 11.6 Å². The molecular weight excluding hydrogens is 402 g/mol. The highest BCUT2D eigenvalue weighted by atomic mass is 35.5. The standard InChI is InChI=1S/C19H16ClN3O4S/c1-11-17(12-4-7-14(27-3)8-5-12)22(2)19(28-11)21-18(24)15-10-13(23(25)26)6-9-16(15)20/h4-10H,1-3H3. The number of nitro benzene ring substituents is 1. The van der Waals surface area contributed by atoms with Gasteiger partial charge >= 0.3 is 0 Å². The van der Waals surface area contributed by atoms with E-state index in [2.05, 4.69) is 4.99 Å². The monoisotopic (exact) mass is 417 g/mol. The minimum absolute atomic E-state index is 0.00656. The Labute approximate surface area is 169 Å². The molecule has 144 valence electrons. The summed E-state index contributed by atoms with van der Waals surface area (Å²) in [4.78, 5) is 28.6. The highest BCUT2D eigenvalue weighted by Gasteiger charge is 2.17. The number of non-ortho nitro benzene ring substituents is 1. The maximum Gasteiger partial charge on any atom is 0.281 e. The molecule has 0 aliphatic rings. The van der Waals surface area contributed by atoms with Crippen LogP contribution in [0.3, 0.4) is 0 Å². The molecule has 0 saturated heterocycles. The Morgan fingerprint density at radius 3 is 2.54 bits per heavy atom. The molecule has 0 spiro atoms. The largest absolute Gasteiger partial charge is 0.497 e. The van der Waals surface area contributed by atoms with E-state index >= 15 is 0 Å². The van der Waals surface area contributed by atoms with Gasteiger partial charge in [-0.2, -0.15) is 4.99 Å². The zero-order valence-corrected chi connectivity index (χ0v) is 16.9. The number of aryl methyl sites for hydroxylation is 1. The Morgan fingerprint density at radius 2 is 1.93 bits per heavy atom. The predicted octanol–water partition coefficient (Wildman–Crippen LogP) is 4.37. The number of aromatic nitrogens is 1. The number of nitrogens with zero attached hydrogens (tertiary/aromatic N) is 3. The second-order valence-electron chi connectivity index (χ2n) is 5.92. The quantitative estimate of drug-likeness (QED) is 0.465. The summed E-state index contributed by atoms with van der Waals surface area (Å²) in [7, 11) is 3.41. The molecule has 0 bridgehead atoms. The smallest absolute Gasteiger partial charge is 0.281 e. The lowest BCUT2D eigenvalue weighted by molar-refractivity contribution is -0.384. The van der Waals surface area contributed by atoms with Crippen molar-refractivity contribution in [3.8, 4) is 17.0 Å². The first-order chi connectivity index (χ1) is 13.3. The number of ether oxygens (including phenoxy) is 1. The van der Waals surface area contributed by atoms with Crippen molar-refractivity contribution in [2.45, 2.75) is 6.92 Å². The van der Waals surface area contributed by atoms with Gasteiger partial charge in [-0.05, 0) is 42.8 Å². The van der Waals surface area contributed by atoms with Crippen molar-refractivity contribution in [1.82, 2.24) is 4.57 Å². The highest BCUT2D eigenvalue weighted by Crippen LogP contribution is 2.27. The molecule has 0 saturated carbocycles. The third-order valence-corrected chi connectivity index (χ3v) is 5.53. The van der Waals surface area contributed by atoms with E-state index in [1.165, 1.54) is 23.5 Å². The van der Waals surface area contributed by atoms with Gasteiger partial charge in [0.1, 0.15) is 5.75 Å². The highest BCUT2D eigenvalue weighted by molar-refractivity contribution is 7.09. The van der Waals surface area contributed by atoms with Crippen LogP contribution in [-0.4, -0.2) is 22.5 Å². The number of carbonyl (C=O) groups excluding carboxylic acids is 1. The Balaban J connectivity index is 2.05. The molecule has 2 aromatic carbocycles. The molecule has 3 aromatic rings. The Morgan fingerprint density at radius 1 is 1.25 bits per heavy atom. The van der Waals surface area contributed by atoms with Crippen molar-refractivity contribution in [3.05, 3.63) is 72.8 Å². The SMILES string of the molecule is COc1ccc(-c2c(C)sc(=NC(=O)c3cc([N+](=O)[O-])ccc3Cl)n2C)cc1. The van der Waals surface area contributed by atoms with Gasteiger partial charge in [0.05, 0.1) is 28.3 Å². The van der Waals surface area contributed by atoms with Crippen LogP contribution in [0.15, 0.2) is 47.5 Å². The molecular formula is C19H16ClN3O4S. The molecule has 28 heavy (non-hydrogen) atoms. The van der Waals surface area contributed by atoms with Crippen LogP contribution in [0.1, 0.15) is 15.2 Å². The molecule has 0 N–H and O–H groups in total. The molecule has 3 rings (SSSR count). The number of nitro groups is 1. The molecule has 9 heteroatoms. The molecule has 0 aliphatic carbocycles. The fourth-order valence-electron chi connectivity index (χ4n) is 2.77. The number of carbonyl (C=O) groups is 1. The zero-order chi connectivity index (χ0) is 20.4. The summed E-state index contributed by atoms with van der Waals surface area (Å²) in [5.74, 6) is 0.117. The van der Waals surface area contributed by atoms with Crippen LogP contribution < -0.4 is 9.54 Å². The van der Waals surface area contributed by atoms with E-state index in [9.17, 15) is 14.9 Å². The van der Waals surface area contributed by atoms with Crippen molar-refractivity contribution in [1.29, 1.82) is 0 Å². The van der Waals surface area contributed by atoms with Gasteiger partial charge in [0, 0.05) is 24.1 Å². The first-order valence-electron chi connectivity index (χ1n) is 8.15. The number of methoxy groups -OCH3 is 1. The van der Waals surface area contributed by atoms with Gasteiger partial charge in [-0.15, -0.1) is 11.3 Å². The van der Waals surface area contributed by atoms with Crippen molar-refractivity contribution < 1.29 is 14.5 Å². The first-order valence-corrected chi connectivity index (χ1v) is 9.35. The Hall–Kier alpha value is -2.97. The number of halogens is 1. The summed E-state index contributed by atoms with van der Waals surface area (Å²) in [6.07, 6.45) is 0. The van der Waals surface area contributed by atoms with Gasteiger partial charge in [0.15, 0.2) is 4.80 Å². The van der Waals surface area contributed by atoms with Crippen molar-refractivity contribution in [2.24, 2.45) is 12.0 Å². The number of rotatable bonds is 4. The molecule has 0 radical (unpaired) electrons. The second kappa shape index (κ2) is 7.95. The molecule has 7 nitrogen and oxygen atoms in total. The third kappa shape index (κ3) is 3.83. The summed E-state index contributed by atoms with van der Waals surface area (Å²) in [5, 5.41) is 11.1. The number of benzene rings is 2. The molecule has 0 aliphatic heterocycles. The maximum absolute atomic E-state index is 12.6. The van der Waals surface area contributed by atoms with E-state index in [0.29, 0.717) is 4.80 Å². The Bertz CT molecular complexity index is 1130. The summed E-state index contributed by atoms with van der Waals surface area (Å²) < 4.78 is 6.99. The van der Waals surface area contributed by atoms with E-state index in [-0.39, 0.29) is 16.3 Å². The van der Waals surface area contributed by atoms with Gasteiger partial charge < -0.3 is 9.30 Å². The van der Waals surface area contributed by atoms with E-state index < -0.39 is 10.8 Å². The minimum atomic E-state index is -0.633. The predicted molar refractivity (Wildman–Crippen MR) is 108 cm³/mol. The number of thiazole rings is 1. The third-order valence-electron chi connectivity index (χ3n) is 4.15. The van der Waals surface area contributed by atoms with Crippen molar-refractivity contribution in [2.75, 3.05) is 7.11 Å². The van der Waals surface area contributed by atoms with E-state index in [4.69, 9.17) is 16.3 Å². The van der Waals surface area contributed by atoms with Crippen LogP contribution in [0.2, 0.25) is 5.02 Å². The number of hydrogen-bond donors (Lipinski definition) is 0. The summed E-state index contributed by atoms with van der Waals surface area (Å²) >= 11 is 7.40. The molecule has 1 aromatic heterocycles. The first kappa shape index (κ1) is 19.8. The fraction of sp³-hybridized carbons (Fsp3) is 0.158. The zero-order valence-electron chi connectivity index (χ0n) is 15.3.